The van der Waals surface area contributed by atoms with Gasteiger partial charge in [-0.2, -0.15) is 0 Å². The van der Waals surface area contributed by atoms with Crippen molar-refractivity contribution in [3.8, 4) is 0 Å². The third kappa shape index (κ3) is 3.67. The minimum atomic E-state index is -0.0637. The number of methoxy groups -OCH3 is 1. The number of hydrogen-bond donors (Lipinski definition) is 1. The van der Waals surface area contributed by atoms with Crippen LogP contribution in [0.25, 0.3) is 0 Å². The summed E-state index contributed by atoms with van der Waals surface area (Å²) in [5.74, 6) is 0.689. The third-order valence-electron chi connectivity index (χ3n) is 1.50. The van der Waals surface area contributed by atoms with Crippen LogP contribution in [0.3, 0.4) is 0 Å². The van der Waals surface area contributed by atoms with Gasteiger partial charge in [0.05, 0.1) is 11.6 Å². The van der Waals surface area contributed by atoms with Gasteiger partial charge in [0.1, 0.15) is 5.82 Å². The first-order chi connectivity index (χ1) is 6.22. The number of aromatic nitrogens is 2. The maximum atomic E-state index is 5.72. The van der Waals surface area contributed by atoms with E-state index >= 15 is 0 Å². The van der Waals surface area contributed by atoms with Gasteiger partial charge >= 0.3 is 0 Å². The molecule has 0 bridgehead atoms. The van der Waals surface area contributed by atoms with E-state index in [9.17, 15) is 0 Å². The van der Waals surface area contributed by atoms with E-state index in [4.69, 9.17) is 22.1 Å². The van der Waals surface area contributed by atoms with Crippen molar-refractivity contribution < 1.29 is 4.74 Å². The van der Waals surface area contributed by atoms with E-state index in [1.165, 1.54) is 0 Å². The van der Waals surface area contributed by atoms with E-state index in [0.717, 1.165) is 0 Å². The highest BCUT2D eigenvalue weighted by Crippen LogP contribution is 2.03. The Morgan fingerprint density at radius 1 is 1.54 bits per heavy atom. The van der Waals surface area contributed by atoms with E-state index in [1.54, 1.807) is 19.5 Å². The fourth-order valence-corrected chi connectivity index (χ4v) is 1.05. The summed E-state index contributed by atoms with van der Waals surface area (Å²) in [4.78, 5) is 8.04. The second kappa shape index (κ2) is 5.11. The Labute approximate surface area is 82.1 Å². The number of halogens is 1. The Morgan fingerprint density at radius 3 is 2.69 bits per heavy atom. The summed E-state index contributed by atoms with van der Waals surface area (Å²) in [6.07, 6.45) is 3.72. The van der Waals surface area contributed by atoms with E-state index in [0.29, 0.717) is 23.9 Å². The SMILES string of the molecule is COCC(N)Cc1ncc(Cl)cn1. The van der Waals surface area contributed by atoms with E-state index in [1.807, 2.05) is 0 Å². The van der Waals surface area contributed by atoms with Crippen molar-refractivity contribution in [2.45, 2.75) is 12.5 Å². The van der Waals surface area contributed by atoms with Gasteiger partial charge in [-0.15, -0.1) is 0 Å². The molecule has 0 spiro atoms. The first kappa shape index (κ1) is 10.4. The zero-order valence-electron chi connectivity index (χ0n) is 7.40. The van der Waals surface area contributed by atoms with Crippen molar-refractivity contribution >= 4 is 11.6 Å². The Hall–Kier alpha value is -0.710. The molecule has 0 amide bonds. The lowest BCUT2D eigenvalue weighted by Gasteiger charge is -2.08. The summed E-state index contributed by atoms with van der Waals surface area (Å²) in [6, 6.07) is -0.0637. The Bertz CT molecular complexity index is 252. The quantitative estimate of drug-likeness (QED) is 0.777. The molecule has 0 aliphatic carbocycles. The van der Waals surface area contributed by atoms with Gasteiger partial charge in [-0.1, -0.05) is 11.6 Å². The predicted octanol–water partition coefficient (Wildman–Crippen LogP) is 0.646. The molecule has 1 aromatic heterocycles. The highest BCUT2D eigenvalue weighted by Gasteiger charge is 2.05. The maximum Gasteiger partial charge on any atom is 0.129 e. The lowest BCUT2D eigenvalue weighted by molar-refractivity contribution is 0.179. The smallest absolute Gasteiger partial charge is 0.129 e. The standard InChI is InChI=1S/C8H12ClN3O/c1-13-5-7(10)2-8-11-3-6(9)4-12-8/h3-4,7H,2,5,10H2,1H3. The average molecular weight is 202 g/mol. The molecule has 2 N–H and O–H groups in total. The molecule has 0 aliphatic heterocycles. The highest BCUT2D eigenvalue weighted by molar-refractivity contribution is 6.30. The van der Waals surface area contributed by atoms with Crippen LogP contribution < -0.4 is 5.73 Å². The molecular weight excluding hydrogens is 190 g/mol. The van der Waals surface area contributed by atoms with Gasteiger partial charge in [-0.25, -0.2) is 9.97 Å². The number of hydrogen-bond acceptors (Lipinski definition) is 4. The van der Waals surface area contributed by atoms with E-state index < -0.39 is 0 Å². The van der Waals surface area contributed by atoms with Gasteiger partial charge in [-0.3, -0.25) is 0 Å². The zero-order chi connectivity index (χ0) is 9.68. The molecule has 0 fully saturated rings. The van der Waals surface area contributed by atoms with Crippen molar-refractivity contribution in [1.29, 1.82) is 0 Å². The summed E-state index contributed by atoms with van der Waals surface area (Å²) in [5.41, 5.74) is 5.72. The van der Waals surface area contributed by atoms with Crippen LogP contribution in [0, 0.1) is 0 Å². The fourth-order valence-electron chi connectivity index (χ4n) is 0.952. The van der Waals surface area contributed by atoms with Crippen molar-refractivity contribution in [2.75, 3.05) is 13.7 Å². The van der Waals surface area contributed by atoms with Gasteiger partial charge in [-0.05, 0) is 0 Å². The topological polar surface area (TPSA) is 61.0 Å². The first-order valence-corrected chi connectivity index (χ1v) is 4.31. The van der Waals surface area contributed by atoms with Gasteiger partial charge in [0.2, 0.25) is 0 Å². The van der Waals surface area contributed by atoms with Gasteiger partial charge < -0.3 is 10.5 Å². The molecule has 0 saturated carbocycles. The normalized spacial score (nSPS) is 12.8. The lowest BCUT2D eigenvalue weighted by Crippen LogP contribution is -2.28. The second-order valence-corrected chi connectivity index (χ2v) is 3.17. The number of ether oxygens (including phenoxy) is 1. The van der Waals surface area contributed by atoms with Crippen LogP contribution in [0.5, 0.6) is 0 Å². The lowest BCUT2D eigenvalue weighted by atomic mass is 10.2. The van der Waals surface area contributed by atoms with Crippen LogP contribution in [-0.4, -0.2) is 29.7 Å². The molecule has 13 heavy (non-hydrogen) atoms. The Morgan fingerprint density at radius 2 is 2.15 bits per heavy atom. The minimum Gasteiger partial charge on any atom is -0.383 e. The molecule has 1 heterocycles. The van der Waals surface area contributed by atoms with E-state index in [-0.39, 0.29) is 6.04 Å². The Kier molecular flexibility index (Phi) is 4.08. The van der Waals surface area contributed by atoms with Crippen LogP contribution in [0.1, 0.15) is 5.82 Å². The largest absolute Gasteiger partial charge is 0.383 e. The summed E-state index contributed by atoms with van der Waals surface area (Å²) in [7, 11) is 1.61. The summed E-state index contributed by atoms with van der Waals surface area (Å²) in [6.45, 7) is 0.506. The summed E-state index contributed by atoms with van der Waals surface area (Å²) >= 11 is 5.63. The second-order valence-electron chi connectivity index (χ2n) is 2.74. The van der Waals surface area contributed by atoms with Crippen LogP contribution >= 0.6 is 11.6 Å². The molecule has 1 rings (SSSR count). The van der Waals surface area contributed by atoms with Crippen molar-refractivity contribution in [2.24, 2.45) is 5.73 Å². The fraction of sp³-hybridized carbons (Fsp3) is 0.500. The van der Waals surface area contributed by atoms with Crippen molar-refractivity contribution in [3.05, 3.63) is 23.2 Å². The van der Waals surface area contributed by atoms with Crippen LogP contribution in [0.2, 0.25) is 5.02 Å². The molecule has 0 saturated heterocycles. The van der Waals surface area contributed by atoms with E-state index in [2.05, 4.69) is 9.97 Å². The highest BCUT2D eigenvalue weighted by atomic mass is 35.5. The van der Waals surface area contributed by atoms with Gasteiger partial charge in [0, 0.05) is 32.0 Å². The monoisotopic (exact) mass is 201 g/mol. The summed E-state index contributed by atoms with van der Waals surface area (Å²) < 4.78 is 4.89. The molecule has 5 heteroatoms. The molecule has 0 radical (unpaired) electrons. The molecule has 1 atom stereocenters. The van der Waals surface area contributed by atoms with Crippen LogP contribution in [0.4, 0.5) is 0 Å². The first-order valence-electron chi connectivity index (χ1n) is 3.93. The number of nitrogens with two attached hydrogens (primary N) is 1. The Balaban J connectivity index is 2.49. The maximum absolute atomic E-state index is 5.72. The van der Waals surface area contributed by atoms with Gasteiger partial charge in [0.15, 0.2) is 0 Å². The van der Waals surface area contributed by atoms with Crippen LogP contribution in [0.15, 0.2) is 12.4 Å². The predicted molar refractivity (Wildman–Crippen MR) is 50.6 cm³/mol. The number of nitrogens with zero attached hydrogens (tertiary/aromatic N) is 2. The van der Waals surface area contributed by atoms with Gasteiger partial charge in [0.25, 0.3) is 0 Å². The minimum absolute atomic E-state index is 0.0637. The average Bonchev–Trinajstić information content (AvgIpc) is 2.09. The van der Waals surface area contributed by atoms with Crippen molar-refractivity contribution in [3.63, 3.8) is 0 Å². The molecule has 1 unspecified atom stereocenters. The molecular formula is C8H12ClN3O. The van der Waals surface area contributed by atoms with Crippen molar-refractivity contribution in [1.82, 2.24) is 9.97 Å². The molecule has 0 aliphatic rings. The third-order valence-corrected chi connectivity index (χ3v) is 1.69. The summed E-state index contributed by atoms with van der Waals surface area (Å²) in [5, 5.41) is 0.532. The molecule has 72 valence electrons. The zero-order valence-corrected chi connectivity index (χ0v) is 8.16. The molecule has 0 aromatic carbocycles. The number of rotatable bonds is 4. The molecule has 1 aromatic rings. The van der Waals surface area contributed by atoms with Crippen LogP contribution in [-0.2, 0) is 11.2 Å². The molecule has 4 nitrogen and oxygen atoms in total.